The monoisotopic (exact) mass is 193 g/mol. The lowest BCUT2D eigenvalue weighted by atomic mass is 9.78. The van der Waals surface area contributed by atoms with Crippen molar-refractivity contribution in [2.45, 2.75) is 31.7 Å². The summed E-state index contributed by atoms with van der Waals surface area (Å²) in [6, 6.07) is 0.616. The van der Waals surface area contributed by atoms with Crippen LogP contribution in [0.25, 0.3) is 0 Å². The molecule has 14 heavy (non-hydrogen) atoms. The van der Waals surface area contributed by atoms with Gasteiger partial charge in [-0.3, -0.25) is 0 Å². The lowest BCUT2D eigenvalue weighted by Crippen LogP contribution is -2.39. The van der Waals surface area contributed by atoms with Crippen LogP contribution in [0, 0.1) is 5.92 Å². The maximum absolute atomic E-state index is 4.37. The van der Waals surface area contributed by atoms with Crippen LogP contribution in [-0.2, 0) is 13.5 Å². The average Bonchev–Trinajstić information content (AvgIpc) is 2.47. The summed E-state index contributed by atoms with van der Waals surface area (Å²) in [5, 5.41) is 3.42. The van der Waals surface area contributed by atoms with Crippen LogP contribution < -0.4 is 5.32 Å². The van der Waals surface area contributed by atoms with E-state index in [1.54, 1.807) is 0 Å². The van der Waals surface area contributed by atoms with Gasteiger partial charge in [0.1, 0.15) is 5.82 Å². The van der Waals surface area contributed by atoms with Gasteiger partial charge < -0.3 is 9.88 Å². The maximum Gasteiger partial charge on any atom is 0.109 e. The first-order valence-electron chi connectivity index (χ1n) is 5.44. The number of imidazole rings is 1. The van der Waals surface area contributed by atoms with Crippen LogP contribution in [0.3, 0.4) is 0 Å². The molecule has 1 fully saturated rings. The lowest BCUT2D eigenvalue weighted by Gasteiger charge is -2.33. The Morgan fingerprint density at radius 1 is 1.64 bits per heavy atom. The highest BCUT2D eigenvalue weighted by Crippen LogP contribution is 2.30. The summed E-state index contributed by atoms with van der Waals surface area (Å²) >= 11 is 0. The van der Waals surface area contributed by atoms with Crippen LogP contribution >= 0.6 is 0 Å². The summed E-state index contributed by atoms with van der Waals surface area (Å²) in [7, 11) is 4.13. The van der Waals surface area contributed by atoms with Crippen LogP contribution in [0.15, 0.2) is 12.4 Å². The molecule has 3 heteroatoms. The summed E-state index contributed by atoms with van der Waals surface area (Å²) in [6.07, 6.45) is 9.13. The number of likely N-dealkylation sites (N-methyl/N-ethyl adjacent to an activating group) is 1. The minimum atomic E-state index is 0.616. The number of aromatic nitrogens is 2. The Balaban J connectivity index is 1.97. The molecular formula is C11H19N3. The van der Waals surface area contributed by atoms with Crippen molar-refractivity contribution in [3.05, 3.63) is 18.2 Å². The average molecular weight is 193 g/mol. The highest BCUT2D eigenvalue weighted by molar-refractivity contribution is 4.97. The zero-order valence-corrected chi connectivity index (χ0v) is 9.03. The second-order valence-electron chi connectivity index (χ2n) is 4.24. The largest absolute Gasteiger partial charge is 0.338 e. The third-order valence-electron chi connectivity index (χ3n) is 3.41. The Bertz CT molecular complexity index is 288. The molecule has 1 aromatic heterocycles. The van der Waals surface area contributed by atoms with E-state index in [1.807, 2.05) is 12.4 Å². The number of rotatable bonds is 4. The van der Waals surface area contributed by atoms with Crippen molar-refractivity contribution in [2.24, 2.45) is 13.0 Å². The van der Waals surface area contributed by atoms with Crippen LogP contribution in [-0.4, -0.2) is 22.6 Å². The van der Waals surface area contributed by atoms with Gasteiger partial charge in [-0.1, -0.05) is 6.42 Å². The van der Waals surface area contributed by atoms with Gasteiger partial charge in [0.25, 0.3) is 0 Å². The van der Waals surface area contributed by atoms with Crippen LogP contribution in [0.2, 0.25) is 0 Å². The smallest absolute Gasteiger partial charge is 0.109 e. The van der Waals surface area contributed by atoms with Gasteiger partial charge in [-0.05, 0) is 25.8 Å². The van der Waals surface area contributed by atoms with Gasteiger partial charge in [0, 0.05) is 31.9 Å². The molecule has 3 nitrogen and oxygen atoms in total. The highest BCUT2D eigenvalue weighted by Gasteiger charge is 2.26. The Morgan fingerprint density at radius 2 is 2.43 bits per heavy atom. The van der Waals surface area contributed by atoms with Gasteiger partial charge in [0.05, 0.1) is 0 Å². The Hall–Kier alpha value is -0.830. The highest BCUT2D eigenvalue weighted by atomic mass is 15.0. The van der Waals surface area contributed by atoms with E-state index in [9.17, 15) is 0 Å². The van der Waals surface area contributed by atoms with Gasteiger partial charge in [0.2, 0.25) is 0 Å². The summed E-state index contributed by atoms with van der Waals surface area (Å²) in [5.41, 5.74) is 0. The summed E-state index contributed by atoms with van der Waals surface area (Å²) in [5.74, 6) is 2.06. The van der Waals surface area contributed by atoms with Gasteiger partial charge >= 0.3 is 0 Å². The molecule has 0 spiro atoms. The molecule has 0 aliphatic heterocycles. The SMILES string of the molecule is CNC(Cc1nccn1C)C1CCC1. The first-order valence-corrected chi connectivity index (χ1v) is 5.44. The van der Waals surface area contributed by atoms with Gasteiger partial charge in [0.15, 0.2) is 0 Å². The quantitative estimate of drug-likeness (QED) is 0.782. The van der Waals surface area contributed by atoms with Crippen molar-refractivity contribution in [3.8, 4) is 0 Å². The molecule has 1 aliphatic rings. The Labute approximate surface area is 85.5 Å². The van der Waals surface area contributed by atoms with E-state index in [1.165, 1.54) is 25.1 Å². The van der Waals surface area contributed by atoms with Crippen molar-refractivity contribution in [1.82, 2.24) is 14.9 Å². The van der Waals surface area contributed by atoms with Gasteiger partial charge in [-0.15, -0.1) is 0 Å². The number of aryl methyl sites for hydroxylation is 1. The summed E-state index contributed by atoms with van der Waals surface area (Å²) in [4.78, 5) is 4.37. The number of hydrogen-bond acceptors (Lipinski definition) is 2. The fourth-order valence-electron chi connectivity index (χ4n) is 2.14. The van der Waals surface area contributed by atoms with E-state index >= 15 is 0 Å². The molecule has 0 bridgehead atoms. The maximum atomic E-state index is 4.37. The summed E-state index contributed by atoms with van der Waals surface area (Å²) < 4.78 is 2.11. The molecule has 1 aliphatic carbocycles. The Kier molecular flexibility index (Phi) is 2.87. The molecule has 1 unspecified atom stereocenters. The van der Waals surface area contributed by atoms with E-state index in [0.29, 0.717) is 6.04 Å². The first-order chi connectivity index (χ1) is 6.81. The van der Waals surface area contributed by atoms with Crippen molar-refractivity contribution in [3.63, 3.8) is 0 Å². The fraction of sp³-hybridized carbons (Fsp3) is 0.727. The van der Waals surface area contributed by atoms with E-state index in [2.05, 4.69) is 29.0 Å². The van der Waals surface area contributed by atoms with E-state index in [-0.39, 0.29) is 0 Å². The van der Waals surface area contributed by atoms with E-state index in [0.717, 1.165) is 12.3 Å². The van der Waals surface area contributed by atoms with Crippen molar-refractivity contribution < 1.29 is 0 Å². The predicted octanol–water partition coefficient (Wildman–Crippen LogP) is 1.35. The van der Waals surface area contributed by atoms with Crippen LogP contribution in [0.4, 0.5) is 0 Å². The molecule has 0 aromatic carbocycles. The number of nitrogens with zero attached hydrogens (tertiary/aromatic N) is 2. The normalized spacial score (nSPS) is 19.3. The fourth-order valence-corrected chi connectivity index (χ4v) is 2.14. The second kappa shape index (κ2) is 4.13. The molecule has 0 radical (unpaired) electrons. The molecular weight excluding hydrogens is 174 g/mol. The number of hydrogen-bond donors (Lipinski definition) is 1. The van der Waals surface area contributed by atoms with Crippen molar-refractivity contribution in [2.75, 3.05) is 7.05 Å². The molecule has 0 saturated heterocycles. The third kappa shape index (κ3) is 1.82. The standard InChI is InChI=1S/C11H19N3/c1-12-10(9-4-3-5-9)8-11-13-6-7-14(11)2/h6-7,9-10,12H,3-5,8H2,1-2H3. The zero-order chi connectivity index (χ0) is 9.97. The minimum Gasteiger partial charge on any atom is -0.338 e. The van der Waals surface area contributed by atoms with Crippen molar-refractivity contribution in [1.29, 1.82) is 0 Å². The topological polar surface area (TPSA) is 29.9 Å². The summed E-state index contributed by atoms with van der Waals surface area (Å²) in [6.45, 7) is 0. The Morgan fingerprint density at radius 3 is 2.86 bits per heavy atom. The van der Waals surface area contributed by atoms with Crippen molar-refractivity contribution >= 4 is 0 Å². The zero-order valence-electron chi connectivity index (χ0n) is 9.03. The third-order valence-corrected chi connectivity index (χ3v) is 3.41. The second-order valence-corrected chi connectivity index (χ2v) is 4.24. The first kappa shape index (κ1) is 9.71. The molecule has 1 heterocycles. The number of nitrogens with one attached hydrogen (secondary N) is 1. The lowest BCUT2D eigenvalue weighted by molar-refractivity contribution is 0.233. The van der Waals surface area contributed by atoms with Crippen LogP contribution in [0.5, 0.6) is 0 Å². The van der Waals surface area contributed by atoms with E-state index < -0.39 is 0 Å². The van der Waals surface area contributed by atoms with Gasteiger partial charge in [-0.2, -0.15) is 0 Å². The molecule has 1 atom stereocenters. The molecule has 1 saturated carbocycles. The molecule has 78 valence electrons. The van der Waals surface area contributed by atoms with E-state index in [4.69, 9.17) is 0 Å². The molecule has 0 amide bonds. The van der Waals surface area contributed by atoms with Crippen LogP contribution in [0.1, 0.15) is 25.1 Å². The molecule has 2 rings (SSSR count). The predicted molar refractivity (Wildman–Crippen MR) is 57.1 cm³/mol. The van der Waals surface area contributed by atoms with Gasteiger partial charge in [-0.25, -0.2) is 4.98 Å². The minimum absolute atomic E-state index is 0.616. The molecule has 1 aromatic rings. The molecule has 1 N–H and O–H groups in total.